The van der Waals surface area contributed by atoms with E-state index in [9.17, 15) is 22.8 Å². The molecule has 0 bridgehead atoms. The Morgan fingerprint density at radius 3 is 2.31 bits per heavy atom. The maximum atomic E-state index is 11.8. The topological polar surface area (TPSA) is 66.4 Å². The molecule has 1 amide bonds. The van der Waals surface area contributed by atoms with Gasteiger partial charge in [-0.1, -0.05) is 13.3 Å². The van der Waals surface area contributed by atoms with E-state index in [2.05, 4.69) is 5.32 Å². The summed E-state index contributed by atoms with van der Waals surface area (Å²) in [6.07, 6.45) is -5.65. The lowest BCUT2D eigenvalue weighted by molar-refractivity contribution is -0.147. The summed E-state index contributed by atoms with van der Waals surface area (Å²) in [4.78, 5) is 21.6. The predicted molar refractivity (Wildman–Crippen MR) is 49.8 cm³/mol. The van der Waals surface area contributed by atoms with E-state index in [1.54, 1.807) is 6.92 Å². The Hall–Kier alpha value is -1.27. The van der Waals surface area contributed by atoms with Crippen molar-refractivity contribution < 1.29 is 27.9 Å². The van der Waals surface area contributed by atoms with Crippen LogP contribution in [-0.4, -0.2) is 29.2 Å². The quantitative estimate of drug-likeness (QED) is 0.743. The SMILES string of the molecule is CCC[C@@H](NC(=O)CCC(F)(F)F)C(=O)O. The van der Waals surface area contributed by atoms with Gasteiger partial charge in [-0.05, 0) is 6.42 Å². The van der Waals surface area contributed by atoms with Gasteiger partial charge in [-0.15, -0.1) is 0 Å². The largest absolute Gasteiger partial charge is 0.480 e. The summed E-state index contributed by atoms with van der Waals surface area (Å²) in [6.45, 7) is 1.72. The van der Waals surface area contributed by atoms with Gasteiger partial charge in [0.2, 0.25) is 5.91 Å². The molecule has 0 fully saturated rings. The third-order valence-corrected chi connectivity index (χ3v) is 1.85. The number of nitrogens with one attached hydrogen (secondary N) is 1. The fourth-order valence-electron chi connectivity index (χ4n) is 1.07. The summed E-state index contributed by atoms with van der Waals surface area (Å²) in [7, 11) is 0. The molecule has 0 unspecified atom stereocenters. The first-order chi connectivity index (χ1) is 7.26. The van der Waals surface area contributed by atoms with Crippen LogP contribution in [0.4, 0.5) is 13.2 Å². The Kier molecular flexibility index (Phi) is 5.84. The van der Waals surface area contributed by atoms with Crippen molar-refractivity contribution in [1.82, 2.24) is 5.32 Å². The summed E-state index contributed by atoms with van der Waals surface area (Å²) in [6, 6.07) is -1.11. The van der Waals surface area contributed by atoms with Crippen LogP contribution >= 0.6 is 0 Å². The van der Waals surface area contributed by atoms with E-state index in [-0.39, 0.29) is 6.42 Å². The van der Waals surface area contributed by atoms with Crippen LogP contribution in [0.2, 0.25) is 0 Å². The number of carboxylic acid groups (broad SMARTS) is 1. The second-order valence-electron chi connectivity index (χ2n) is 3.36. The molecule has 0 rings (SSSR count). The van der Waals surface area contributed by atoms with Gasteiger partial charge >= 0.3 is 12.1 Å². The van der Waals surface area contributed by atoms with Gasteiger partial charge in [-0.25, -0.2) is 4.79 Å². The third kappa shape index (κ3) is 7.08. The Morgan fingerprint density at radius 2 is 1.94 bits per heavy atom. The average Bonchev–Trinajstić information content (AvgIpc) is 2.13. The summed E-state index contributed by atoms with van der Waals surface area (Å²) in [5, 5.41) is 10.7. The first-order valence-corrected chi connectivity index (χ1v) is 4.85. The van der Waals surface area contributed by atoms with E-state index in [1.807, 2.05) is 0 Å². The smallest absolute Gasteiger partial charge is 0.389 e. The minimum atomic E-state index is -4.40. The molecule has 0 aliphatic heterocycles. The maximum Gasteiger partial charge on any atom is 0.389 e. The van der Waals surface area contributed by atoms with Gasteiger partial charge in [0.25, 0.3) is 0 Å². The van der Waals surface area contributed by atoms with Crippen molar-refractivity contribution in [3.63, 3.8) is 0 Å². The molecule has 0 aliphatic rings. The van der Waals surface area contributed by atoms with E-state index in [0.717, 1.165) is 0 Å². The molecule has 0 saturated carbocycles. The van der Waals surface area contributed by atoms with E-state index < -0.39 is 36.9 Å². The van der Waals surface area contributed by atoms with E-state index in [0.29, 0.717) is 6.42 Å². The van der Waals surface area contributed by atoms with Gasteiger partial charge in [-0.2, -0.15) is 13.2 Å². The molecule has 0 aromatic rings. The number of hydrogen-bond donors (Lipinski definition) is 2. The van der Waals surface area contributed by atoms with Crippen molar-refractivity contribution in [2.24, 2.45) is 0 Å². The molecular weight excluding hydrogens is 227 g/mol. The average molecular weight is 241 g/mol. The standard InChI is InChI=1S/C9H14F3NO3/c1-2-3-6(8(15)16)13-7(14)4-5-9(10,11)12/h6H,2-5H2,1H3,(H,13,14)(H,15,16)/t6-/m1/s1. The molecule has 0 spiro atoms. The van der Waals surface area contributed by atoms with Gasteiger partial charge in [0, 0.05) is 6.42 Å². The molecule has 1 atom stereocenters. The zero-order chi connectivity index (χ0) is 12.8. The van der Waals surface area contributed by atoms with Crippen LogP contribution in [0.1, 0.15) is 32.6 Å². The molecule has 0 aliphatic carbocycles. The lowest BCUT2D eigenvalue weighted by atomic mass is 10.1. The number of hydrogen-bond acceptors (Lipinski definition) is 2. The van der Waals surface area contributed by atoms with Gasteiger partial charge in [0.05, 0.1) is 6.42 Å². The van der Waals surface area contributed by atoms with Crippen LogP contribution in [-0.2, 0) is 9.59 Å². The van der Waals surface area contributed by atoms with Crippen LogP contribution in [0.15, 0.2) is 0 Å². The summed E-state index contributed by atoms with van der Waals surface area (Å²) in [5.74, 6) is -2.12. The van der Waals surface area contributed by atoms with Crippen LogP contribution in [0, 0.1) is 0 Å². The normalized spacial score (nSPS) is 13.2. The highest BCUT2D eigenvalue weighted by atomic mass is 19.4. The molecule has 0 aromatic heterocycles. The van der Waals surface area contributed by atoms with Crippen molar-refractivity contribution in [2.75, 3.05) is 0 Å². The first-order valence-electron chi connectivity index (χ1n) is 4.85. The Balaban J connectivity index is 4.05. The maximum absolute atomic E-state index is 11.8. The zero-order valence-corrected chi connectivity index (χ0v) is 8.80. The van der Waals surface area contributed by atoms with Crippen molar-refractivity contribution >= 4 is 11.9 Å². The van der Waals surface area contributed by atoms with Gasteiger partial charge in [-0.3, -0.25) is 4.79 Å². The minimum Gasteiger partial charge on any atom is -0.480 e. The molecule has 2 N–H and O–H groups in total. The Labute approximate surface area is 90.8 Å². The number of carboxylic acids is 1. The fraction of sp³-hybridized carbons (Fsp3) is 0.778. The Morgan fingerprint density at radius 1 is 1.38 bits per heavy atom. The lowest BCUT2D eigenvalue weighted by Gasteiger charge is -2.13. The van der Waals surface area contributed by atoms with Crippen LogP contribution in [0.5, 0.6) is 0 Å². The summed E-state index contributed by atoms with van der Waals surface area (Å²) >= 11 is 0. The highest BCUT2D eigenvalue weighted by Gasteiger charge is 2.28. The number of carbonyl (C=O) groups is 2. The number of amides is 1. The number of halogens is 3. The monoisotopic (exact) mass is 241 g/mol. The van der Waals surface area contributed by atoms with Crippen molar-refractivity contribution in [3.8, 4) is 0 Å². The van der Waals surface area contributed by atoms with Gasteiger partial charge < -0.3 is 10.4 Å². The van der Waals surface area contributed by atoms with Crippen molar-refractivity contribution in [2.45, 2.75) is 44.8 Å². The number of aliphatic carboxylic acids is 1. The highest BCUT2D eigenvalue weighted by Crippen LogP contribution is 2.21. The molecule has 4 nitrogen and oxygen atoms in total. The molecule has 94 valence electrons. The van der Waals surface area contributed by atoms with Crippen molar-refractivity contribution in [3.05, 3.63) is 0 Å². The number of rotatable bonds is 6. The molecule has 0 radical (unpaired) electrons. The van der Waals surface area contributed by atoms with Crippen LogP contribution in [0.3, 0.4) is 0 Å². The summed E-state index contributed by atoms with van der Waals surface area (Å²) in [5.41, 5.74) is 0. The fourth-order valence-corrected chi connectivity index (χ4v) is 1.07. The minimum absolute atomic E-state index is 0.201. The third-order valence-electron chi connectivity index (χ3n) is 1.85. The predicted octanol–water partition coefficient (Wildman–Crippen LogP) is 1.70. The van der Waals surface area contributed by atoms with Crippen LogP contribution in [0.25, 0.3) is 0 Å². The van der Waals surface area contributed by atoms with Gasteiger partial charge in [0.15, 0.2) is 0 Å². The molecule has 0 heterocycles. The lowest BCUT2D eigenvalue weighted by Crippen LogP contribution is -2.40. The molecular formula is C9H14F3NO3. The highest BCUT2D eigenvalue weighted by molar-refractivity contribution is 5.83. The molecule has 0 saturated heterocycles. The van der Waals surface area contributed by atoms with E-state index in [4.69, 9.17) is 5.11 Å². The second-order valence-corrected chi connectivity index (χ2v) is 3.36. The van der Waals surface area contributed by atoms with Crippen molar-refractivity contribution in [1.29, 1.82) is 0 Å². The zero-order valence-electron chi connectivity index (χ0n) is 8.80. The van der Waals surface area contributed by atoms with Gasteiger partial charge in [0.1, 0.15) is 6.04 Å². The Bertz CT molecular complexity index is 253. The van der Waals surface area contributed by atoms with Crippen LogP contribution < -0.4 is 5.32 Å². The number of carbonyl (C=O) groups excluding carboxylic acids is 1. The molecule has 16 heavy (non-hydrogen) atoms. The van der Waals surface area contributed by atoms with E-state index >= 15 is 0 Å². The molecule has 7 heteroatoms. The summed E-state index contributed by atoms with van der Waals surface area (Å²) < 4.78 is 35.3. The molecule has 0 aromatic carbocycles. The second kappa shape index (κ2) is 6.34. The van der Waals surface area contributed by atoms with E-state index in [1.165, 1.54) is 0 Å². The first kappa shape index (κ1) is 14.7. The number of alkyl halides is 3.